The lowest BCUT2D eigenvalue weighted by molar-refractivity contribution is 0.00681. The van der Waals surface area contributed by atoms with E-state index in [2.05, 4.69) is 24.3 Å². The molecule has 1 aliphatic rings. The molecule has 2 heteroatoms. The van der Waals surface area contributed by atoms with Gasteiger partial charge in [-0.1, -0.05) is 73.5 Å². The number of hydrogen-bond acceptors (Lipinski definition) is 2. The van der Waals surface area contributed by atoms with E-state index in [0.29, 0.717) is 12.8 Å². The Morgan fingerprint density at radius 2 is 0.920 bits per heavy atom. The molecule has 0 amide bonds. The molecule has 0 aromatic heterocycles. The van der Waals surface area contributed by atoms with Crippen molar-refractivity contribution >= 4 is 0 Å². The van der Waals surface area contributed by atoms with Crippen LogP contribution in [0.2, 0.25) is 0 Å². The summed E-state index contributed by atoms with van der Waals surface area (Å²) in [6, 6.07) is 20.5. The normalized spacial score (nSPS) is 27.9. The van der Waals surface area contributed by atoms with Crippen LogP contribution >= 0.6 is 0 Å². The van der Waals surface area contributed by atoms with E-state index in [1.807, 2.05) is 36.4 Å². The zero-order valence-electron chi connectivity index (χ0n) is 15.0. The van der Waals surface area contributed by atoms with Crippen molar-refractivity contribution in [2.45, 2.75) is 69.0 Å². The van der Waals surface area contributed by atoms with Crippen molar-refractivity contribution in [3.63, 3.8) is 0 Å². The first kappa shape index (κ1) is 18.2. The van der Waals surface area contributed by atoms with E-state index in [0.717, 1.165) is 44.9 Å². The molecule has 1 saturated carbocycles. The third kappa shape index (κ3) is 5.42. The fraction of sp³-hybridized carbons (Fsp3) is 0.478. The first-order chi connectivity index (χ1) is 12.1. The molecule has 2 N–H and O–H groups in total. The minimum Gasteiger partial charge on any atom is -0.390 e. The summed E-state index contributed by atoms with van der Waals surface area (Å²) in [6.07, 6.45) is 7.41. The van der Waals surface area contributed by atoms with Crippen molar-refractivity contribution in [1.82, 2.24) is 0 Å². The lowest BCUT2D eigenvalue weighted by Gasteiger charge is -2.29. The van der Waals surface area contributed by atoms with Gasteiger partial charge >= 0.3 is 0 Å². The fourth-order valence-corrected chi connectivity index (χ4v) is 4.21. The molecule has 2 atom stereocenters. The van der Waals surface area contributed by atoms with Crippen LogP contribution in [0.5, 0.6) is 0 Å². The summed E-state index contributed by atoms with van der Waals surface area (Å²) >= 11 is 0. The van der Waals surface area contributed by atoms with Crippen molar-refractivity contribution in [2.75, 3.05) is 0 Å². The Labute approximate surface area is 151 Å². The minimum atomic E-state index is -0.640. The van der Waals surface area contributed by atoms with Crippen molar-refractivity contribution in [1.29, 1.82) is 0 Å². The second-order valence-corrected chi connectivity index (χ2v) is 7.83. The van der Waals surface area contributed by atoms with E-state index in [9.17, 15) is 10.2 Å². The second kappa shape index (κ2) is 8.16. The van der Waals surface area contributed by atoms with E-state index in [4.69, 9.17) is 0 Å². The average molecular weight is 338 g/mol. The van der Waals surface area contributed by atoms with E-state index >= 15 is 0 Å². The highest BCUT2D eigenvalue weighted by molar-refractivity contribution is 5.18. The molecule has 0 radical (unpaired) electrons. The lowest BCUT2D eigenvalue weighted by atomic mass is 9.84. The number of benzene rings is 2. The van der Waals surface area contributed by atoms with Gasteiger partial charge in [0.2, 0.25) is 0 Å². The number of aliphatic hydroxyl groups is 2. The molecule has 0 unspecified atom stereocenters. The molecular formula is C23H30O2. The first-order valence-corrected chi connectivity index (χ1v) is 9.60. The van der Waals surface area contributed by atoms with Crippen LogP contribution < -0.4 is 0 Å². The largest absolute Gasteiger partial charge is 0.390 e. The maximum Gasteiger partial charge on any atom is 0.0688 e. The SMILES string of the molecule is O[C@@]1(Cc2ccccc2)CCCC[C@@](O)(Cc2ccccc2)CCC1. The van der Waals surface area contributed by atoms with E-state index in [1.54, 1.807) is 0 Å². The summed E-state index contributed by atoms with van der Waals surface area (Å²) < 4.78 is 0. The summed E-state index contributed by atoms with van der Waals surface area (Å²) in [6.45, 7) is 0. The van der Waals surface area contributed by atoms with Crippen LogP contribution in [0.25, 0.3) is 0 Å². The second-order valence-electron chi connectivity index (χ2n) is 7.83. The summed E-state index contributed by atoms with van der Waals surface area (Å²) in [5.74, 6) is 0. The van der Waals surface area contributed by atoms with Crippen LogP contribution in [-0.4, -0.2) is 21.4 Å². The van der Waals surface area contributed by atoms with Gasteiger partial charge < -0.3 is 10.2 Å². The van der Waals surface area contributed by atoms with Crippen molar-refractivity contribution in [2.24, 2.45) is 0 Å². The van der Waals surface area contributed by atoms with Gasteiger partial charge in [0.05, 0.1) is 11.2 Å². The van der Waals surface area contributed by atoms with Crippen molar-refractivity contribution < 1.29 is 10.2 Å². The molecule has 134 valence electrons. The molecule has 0 aliphatic heterocycles. The minimum absolute atomic E-state index is 0.640. The highest BCUT2D eigenvalue weighted by Gasteiger charge is 2.33. The van der Waals surface area contributed by atoms with Gasteiger partial charge in [0, 0.05) is 12.8 Å². The molecule has 0 saturated heterocycles. The summed E-state index contributed by atoms with van der Waals surface area (Å²) in [5, 5.41) is 22.3. The van der Waals surface area contributed by atoms with Crippen molar-refractivity contribution in [3.05, 3.63) is 71.8 Å². The summed E-state index contributed by atoms with van der Waals surface area (Å²) in [5.41, 5.74) is 1.12. The summed E-state index contributed by atoms with van der Waals surface area (Å²) in [7, 11) is 0. The zero-order valence-corrected chi connectivity index (χ0v) is 15.0. The quantitative estimate of drug-likeness (QED) is 0.850. The molecule has 0 bridgehead atoms. The monoisotopic (exact) mass is 338 g/mol. The molecule has 0 heterocycles. The maximum atomic E-state index is 11.1. The molecule has 2 aromatic rings. The number of rotatable bonds is 4. The Hall–Kier alpha value is -1.64. The molecule has 0 spiro atoms. The van der Waals surface area contributed by atoms with Crippen LogP contribution in [0, 0.1) is 0 Å². The van der Waals surface area contributed by atoms with E-state index < -0.39 is 11.2 Å². The van der Waals surface area contributed by atoms with Gasteiger partial charge in [0.15, 0.2) is 0 Å². The molecule has 2 aromatic carbocycles. The topological polar surface area (TPSA) is 40.5 Å². The van der Waals surface area contributed by atoms with E-state index in [1.165, 1.54) is 11.1 Å². The van der Waals surface area contributed by atoms with Crippen LogP contribution in [0.15, 0.2) is 60.7 Å². The third-order valence-electron chi connectivity index (χ3n) is 5.57. The van der Waals surface area contributed by atoms with Crippen LogP contribution in [-0.2, 0) is 12.8 Å². The maximum absolute atomic E-state index is 11.1. The smallest absolute Gasteiger partial charge is 0.0688 e. The molecule has 2 nitrogen and oxygen atoms in total. The Morgan fingerprint density at radius 3 is 1.32 bits per heavy atom. The van der Waals surface area contributed by atoms with Crippen LogP contribution in [0.1, 0.15) is 56.1 Å². The molecular weight excluding hydrogens is 308 g/mol. The van der Waals surface area contributed by atoms with Crippen LogP contribution in [0.3, 0.4) is 0 Å². The Kier molecular flexibility index (Phi) is 5.93. The average Bonchev–Trinajstić information content (AvgIpc) is 2.67. The van der Waals surface area contributed by atoms with Gasteiger partial charge in [-0.05, 0) is 43.2 Å². The Morgan fingerprint density at radius 1 is 0.560 bits per heavy atom. The summed E-state index contributed by atoms with van der Waals surface area (Å²) in [4.78, 5) is 0. The molecule has 25 heavy (non-hydrogen) atoms. The number of hydrogen-bond donors (Lipinski definition) is 2. The molecule has 1 fully saturated rings. The Bertz CT molecular complexity index is 582. The predicted molar refractivity (Wildman–Crippen MR) is 103 cm³/mol. The van der Waals surface area contributed by atoms with Gasteiger partial charge in [0.1, 0.15) is 0 Å². The van der Waals surface area contributed by atoms with Crippen LogP contribution in [0.4, 0.5) is 0 Å². The van der Waals surface area contributed by atoms with Gasteiger partial charge in [-0.3, -0.25) is 0 Å². The van der Waals surface area contributed by atoms with Gasteiger partial charge in [-0.25, -0.2) is 0 Å². The first-order valence-electron chi connectivity index (χ1n) is 9.60. The van der Waals surface area contributed by atoms with Gasteiger partial charge in [-0.2, -0.15) is 0 Å². The van der Waals surface area contributed by atoms with E-state index in [-0.39, 0.29) is 0 Å². The third-order valence-corrected chi connectivity index (χ3v) is 5.57. The standard InChI is InChI=1S/C23H30O2/c24-22(18-20-10-3-1-4-11-20)14-7-8-15-23(25,17-9-16-22)19-21-12-5-2-6-13-21/h1-6,10-13,24-25H,7-9,14-19H2/t22-,23-/m0/s1. The Balaban J connectivity index is 1.63. The highest BCUT2D eigenvalue weighted by Crippen LogP contribution is 2.34. The van der Waals surface area contributed by atoms with Crippen molar-refractivity contribution in [3.8, 4) is 0 Å². The van der Waals surface area contributed by atoms with Gasteiger partial charge in [-0.15, -0.1) is 0 Å². The fourth-order valence-electron chi connectivity index (χ4n) is 4.21. The molecule has 1 aliphatic carbocycles. The molecule has 3 rings (SSSR count). The van der Waals surface area contributed by atoms with Gasteiger partial charge in [0.25, 0.3) is 0 Å². The zero-order chi connectivity index (χ0) is 17.6. The lowest BCUT2D eigenvalue weighted by Crippen LogP contribution is -2.33. The predicted octanol–water partition coefficient (Wildman–Crippen LogP) is 4.68. The highest BCUT2D eigenvalue weighted by atomic mass is 16.3.